The molecule has 0 spiro atoms. The monoisotopic (exact) mass is 413 g/mol. The van der Waals surface area contributed by atoms with Crippen LogP contribution in [0.5, 0.6) is 0 Å². The quantitative estimate of drug-likeness (QED) is 0.838. The third kappa shape index (κ3) is 4.03. The highest BCUT2D eigenvalue weighted by Gasteiger charge is 2.40. The summed E-state index contributed by atoms with van der Waals surface area (Å²) in [6.45, 7) is 0.979. The van der Waals surface area contributed by atoms with Crippen LogP contribution in [0.3, 0.4) is 0 Å². The maximum absolute atomic E-state index is 13.7. The van der Waals surface area contributed by atoms with Crippen molar-refractivity contribution >= 4 is 23.4 Å². The van der Waals surface area contributed by atoms with E-state index in [1.165, 1.54) is 0 Å². The molecule has 2 aliphatic rings. The smallest absolute Gasteiger partial charge is 0.255 e. The molecule has 0 aliphatic carbocycles. The molecule has 6 nitrogen and oxygen atoms in total. The van der Waals surface area contributed by atoms with Crippen LogP contribution < -0.4 is 5.32 Å². The van der Waals surface area contributed by atoms with Crippen LogP contribution in [0.25, 0.3) is 0 Å². The van der Waals surface area contributed by atoms with E-state index in [1.54, 1.807) is 34.1 Å². The molecule has 156 valence electrons. The molecule has 1 unspecified atom stereocenters. The second-order valence-corrected chi connectivity index (χ2v) is 7.57. The highest BCUT2D eigenvalue weighted by Crippen LogP contribution is 2.24. The summed E-state index contributed by atoms with van der Waals surface area (Å²) in [6.07, 6.45) is 2.56. The Labute approximate surface area is 172 Å². The molecular formula is C22H21F2N3O3. The van der Waals surface area contributed by atoms with Gasteiger partial charge in [-0.2, -0.15) is 0 Å². The third-order valence-electron chi connectivity index (χ3n) is 5.51. The van der Waals surface area contributed by atoms with Crippen molar-refractivity contribution in [3.05, 3.63) is 65.2 Å². The van der Waals surface area contributed by atoms with Crippen molar-refractivity contribution in [1.82, 2.24) is 9.80 Å². The zero-order valence-corrected chi connectivity index (χ0v) is 16.2. The lowest BCUT2D eigenvalue weighted by Crippen LogP contribution is -2.60. The van der Waals surface area contributed by atoms with Crippen LogP contribution in [0.2, 0.25) is 0 Å². The van der Waals surface area contributed by atoms with Gasteiger partial charge >= 0.3 is 0 Å². The number of fused-ring (bicyclic) bond motifs is 1. The van der Waals surface area contributed by atoms with Gasteiger partial charge in [-0.25, -0.2) is 8.78 Å². The van der Waals surface area contributed by atoms with Gasteiger partial charge in [-0.15, -0.1) is 0 Å². The lowest BCUT2D eigenvalue weighted by Gasteiger charge is -2.42. The van der Waals surface area contributed by atoms with Crippen LogP contribution in [0.1, 0.15) is 35.2 Å². The van der Waals surface area contributed by atoms with E-state index < -0.39 is 17.5 Å². The number of hydrogen-bond donors (Lipinski definition) is 1. The molecule has 0 saturated carbocycles. The van der Waals surface area contributed by atoms with Crippen molar-refractivity contribution in [2.24, 2.45) is 0 Å². The van der Waals surface area contributed by atoms with Crippen LogP contribution in [-0.2, 0) is 16.1 Å². The number of amides is 3. The van der Waals surface area contributed by atoms with Crippen molar-refractivity contribution in [2.45, 2.75) is 31.8 Å². The van der Waals surface area contributed by atoms with Crippen LogP contribution >= 0.6 is 0 Å². The molecule has 8 heteroatoms. The van der Waals surface area contributed by atoms with E-state index in [1.807, 2.05) is 0 Å². The van der Waals surface area contributed by atoms with Gasteiger partial charge in [-0.1, -0.05) is 12.1 Å². The van der Waals surface area contributed by atoms with Crippen molar-refractivity contribution in [3.8, 4) is 0 Å². The van der Waals surface area contributed by atoms with Gasteiger partial charge in [-0.05, 0) is 49.1 Å². The first-order valence-corrected chi connectivity index (χ1v) is 9.86. The first kappa shape index (κ1) is 20.0. The zero-order valence-electron chi connectivity index (χ0n) is 16.2. The maximum atomic E-state index is 13.7. The van der Waals surface area contributed by atoms with Crippen LogP contribution in [0.4, 0.5) is 14.5 Å². The molecule has 0 bridgehead atoms. The Morgan fingerprint density at radius 1 is 1.07 bits per heavy atom. The Kier molecular flexibility index (Phi) is 5.48. The lowest BCUT2D eigenvalue weighted by molar-refractivity contribution is -0.158. The summed E-state index contributed by atoms with van der Waals surface area (Å²) in [6, 6.07) is 9.07. The Morgan fingerprint density at radius 3 is 2.57 bits per heavy atom. The van der Waals surface area contributed by atoms with Gasteiger partial charge in [0, 0.05) is 24.7 Å². The van der Waals surface area contributed by atoms with E-state index in [0.717, 1.165) is 30.5 Å². The number of carbonyl (C=O) groups excluding carboxylic acids is 3. The number of piperidine rings is 1. The molecular weight excluding hydrogens is 392 g/mol. The first-order chi connectivity index (χ1) is 14.4. The second kappa shape index (κ2) is 8.22. The third-order valence-corrected chi connectivity index (χ3v) is 5.51. The number of nitrogens with zero attached hydrogens (tertiary/aromatic N) is 2. The summed E-state index contributed by atoms with van der Waals surface area (Å²) in [5.41, 5.74) is 0.965. The van der Waals surface area contributed by atoms with Gasteiger partial charge in [0.15, 0.2) is 0 Å². The average molecular weight is 413 g/mol. The molecule has 2 aromatic rings. The Hall–Kier alpha value is -3.29. The molecule has 0 aromatic heterocycles. The second-order valence-electron chi connectivity index (χ2n) is 7.57. The molecule has 2 heterocycles. The largest absolute Gasteiger partial charge is 0.329 e. The molecule has 0 radical (unpaired) electrons. The fourth-order valence-corrected chi connectivity index (χ4v) is 3.93. The summed E-state index contributed by atoms with van der Waals surface area (Å²) in [5.74, 6) is -2.18. The number of rotatable bonds is 4. The Balaban J connectivity index is 1.41. The predicted molar refractivity (Wildman–Crippen MR) is 106 cm³/mol. The van der Waals surface area contributed by atoms with Gasteiger partial charge in [0.2, 0.25) is 11.8 Å². The number of nitrogens with one attached hydrogen (secondary N) is 1. The SMILES string of the molecule is O=C(Nc1ccc(F)cc1F)c1ccc(CN2CC(=O)N3CCCCC3C2=O)cc1. The van der Waals surface area contributed by atoms with Crippen LogP contribution in [-0.4, -0.2) is 46.7 Å². The number of carbonyl (C=O) groups is 3. The highest BCUT2D eigenvalue weighted by atomic mass is 19.1. The van der Waals surface area contributed by atoms with Crippen molar-refractivity contribution < 1.29 is 23.2 Å². The normalized spacial score (nSPS) is 18.9. The van der Waals surface area contributed by atoms with Gasteiger partial charge in [0.25, 0.3) is 5.91 Å². The van der Waals surface area contributed by atoms with Gasteiger partial charge < -0.3 is 15.1 Å². The summed E-state index contributed by atoms with van der Waals surface area (Å²) in [5, 5.41) is 2.40. The van der Waals surface area contributed by atoms with Gasteiger partial charge in [0.05, 0.1) is 5.69 Å². The first-order valence-electron chi connectivity index (χ1n) is 9.86. The molecule has 1 N–H and O–H groups in total. The fraction of sp³-hybridized carbons (Fsp3) is 0.318. The number of piperazine rings is 1. The molecule has 2 aromatic carbocycles. The fourth-order valence-electron chi connectivity index (χ4n) is 3.93. The molecule has 30 heavy (non-hydrogen) atoms. The van der Waals surface area contributed by atoms with Crippen LogP contribution in [0.15, 0.2) is 42.5 Å². The van der Waals surface area contributed by atoms with Gasteiger partial charge in [-0.3, -0.25) is 14.4 Å². The highest BCUT2D eigenvalue weighted by molar-refractivity contribution is 6.04. The number of hydrogen-bond acceptors (Lipinski definition) is 3. The maximum Gasteiger partial charge on any atom is 0.255 e. The van der Waals surface area contributed by atoms with E-state index in [9.17, 15) is 23.2 Å². The summed E-state index contributed by atoms with van der Waals surface area (Å²) in [4.78, 5) is 40.7. The predicted octanol–water partition coefficient (Wildman–Crippen LogP) is 2.94. The minimum absolute atomic E-state index is 0.0309. The summed E-state index contributed by atoms with van der Waals surface area (Å²) in [7, 11) is 0. The van der Waals surface area contributed by atoms with Crippen molar-refractivity contribution in [2.75, 3.05) is 18.4 Å². The minimum atomic E-state index is -0.856. The molecule has 3 amide bonds. The summed E-state index contributed by atoms with van der Waals surface area (Å²) >= 11 is 0. The molecule has 1 atom stereocenters. The topological polar surface area (TPSA) is 69.7 Å². The molecule has 2 aliphatic heterocycles. The van der Waals surface area contributed by atoms with Crippen molar-refractivity contribution in [3.63, 3.8) is 0 Å². The lowest BCUT2D eigenvalue weighted by atomic mass is 9.98. The number of benzene rings is 2. The number of halogens is 2. The van der Waals surface area contributed by atoms with Crippen LogP contribution in [0, 0.1) is 11.6 Å². The standard InChI is InChI=1S/C22H21F2N3O3/c23-16-8-9-18(17(24)11-16)25-21(29)15-6-4-14(5-7-15)12-26-13-20(28)27-10-2-1-3-19(27)22(26)30/h4-9,11,19H,1-3,10,12-13H2,(H,25,29). The zero-order chi connectivity index (χ0) is 21.3. The van der Waals surface area contributed by atoms with Crippen molar-refractivity contribution in [1.29, 1.82) is 0 Å². The minimum Gasteiger partial charge on any atom is -0.329 e. The van der Waals surface area contributed by atoms with E-state index in [-0.39, 0.29) is 36.6 Å². The molecule has 2 saturated heterocycles. The Morgan fingerprint density at radius 2 is 1.83 bits per heavy atom. The Bertz CT molecular complexity index is 994. The van der Waals surface area contributed by atoms with E-state index >= 15 is 0 Å². The average Bonchev–Trinajstić information content (AvgIpc) is 2.74. The van der Waals surface area contributed by atoms with E-state index in [0.29, 0.717) is 24.6 Å². The number of anilines is 1. The van der Waals surface area contributed by atoms with Gasteiger partial charge in [0.1, 0.15) is 24.2 Å². The summed E-state index contributed by atoms with van der Waals surface area (Å²) < 4.78 is 26.7. The van der Waals surface area contributed by atoms with E-state index in [4.69, 9.17) is 0 Å². The van der Waals surface area contributed by atoms with E-state index in [2.05, 4.69) is 5.32 Å². The molecule has 2 fully saturated rings. The molecule has 4 rings (SSSR count).